The van der Waals surface area contributed by atoms with Crippen molar-refractivity contribution in [1.82, 2.24) is 10.2 Å². The van der Waals surface area contributed by atoms with Crippen molar-refractivity contribution in [3.05, 3.63) is 35.4 Å². The van der Waals surface area contributed by atoms with Gasteiger partial charge in [0.05, 0.1) is 12.1 Å². The van der Waals surface area contributed by atoms with E-state index in [2.05, 4.69) is 5.32 Å². The largest absolute Gasteiger partial charge is 0.390 e. The first-order chi connectivity index (χ1) is 11.1. The van der Waals surface area contributed by atoms with Crippen LogP contribution in [-0.4, -0.2) is 41.0 Å². The number of carbonyl (C=O) groups excluding carboxylic acids is 2. The Morgan fingerprint density at radius 2 is 2.13 bits per heavy atom. The molecule has 0 saturated carbocycles. The summed E-state index contributed by atoms with van der Waals surface area (Å²) in [7, 11) is 0. The molecule has 1 saturated heterocycles. The van der Waals surface area contributed by atoms with Crippen molar-refractivity contribution >= 4 is 11.8 Å². The van der Waals surface area contributed by atoms with Crippen LogP contribution >= 0.6 is 0 Å². The number of nitrogens with zero attached hydrogens (tertiary/aromatic N) is 1. The maximum Gasteiger partial charge on any atom is 0.222 e. The van der Waals surface area contributed by atoms with Crippen LogP contribution in [0, 0.1) is 0 Å². The van der Waals surface area contributed by atoms with Gasteiger partial charge in [0.15, 0.2) is 0 Å². The Hall–Kier alpha value is -1.88. The van der Waals surface area contributed by atoms with E-state index in [0.717, 1.165) is 30.5 Å². The van der Waals surface area contributed by atoms with Crippen LogP contribution in [0.2, 0.25) is 0 Å². The number of fused-ring (bicyclic) bond motifs is 1. The van der Waals surface area contributed by atoms with Gasteiger partial charge >= 0.3 is 0 Å². The van der Waals surface area contributed by atoms with E-state index in [-0.39, 0.29) is 17.9 Å². The maximum atomic E-state index is 12.2. The van der Waals surface area contributed by atoms with E-state index in [4.69, 9.17) is 0 Å². The second-order valence-corrected chi connectivity index (χ2v) is 6.46. The van der Waals surface area contributed by atoms with Gasteiger partial charge in [-0.2, -0.15) is 0 Å². The lowest BCUT2D eigenvalue weighted by molar-refractivity contribution is -0.133. The molecule has 5 nitrogen and oxygen atoms in total. The molecule has 124 valence electrons. The molecule has 3 rings (SSSR count). The monoisotopic (exact) mass is 316 g/mol. The van der Waals surface area contributed by atoms with Gasteiger partial charge in [-0.15, -0.1) is 0 Å². The summed E-state index contributed by atoms with van der Waals surface area (Å²) in [6.07, 6.45) is 3.76. The summed E-state index contributed by atoms with van der Waals surface area (Å²) in [5.41, 5.74) is 2.11. The van der Waals surface area contributed by atoms with E-state index in [1.165, 1.54) is 0 Å². The normalized spacial score (nSPS) is 23.7. The molecule has 2 atom stereocenters. The Morgan fingerprint density at radius 3 is 2.96 bits per heavy atom. The molecule has 0 aromatic heterocycles. The predicted octanol–water partition coefficient (Wildman–Crippen LogP) is 1.55. The van der Waals surface area contributed by atoms with Crippen LogP contribution in [0.4, 0.5) is 0 Å². The van der Waals surface area contributed by atoms with Gasteiger partial charge in [0.1, 0.15) is 0 Å². The highest BCUT2D eigenvalue weighted by molar-refractivity contribution is 5.78. The zero-order valence-corrected chi connectivity index (χ0v) is 13.3. The molecule has 23 heavy (non-hydrogen) atoms. The molecule has 0 radical (unpaired) electrons. The number of hydrogen-bond acceptors (Lipinski definition) is 3. The number of aliphatic hydroxyl groups is 1. The van der Waals surface area contributed by atoms with E-state index in [9.17, 15) is 14.7 Å². The fourth-order valence-corrected chi connectivity index (χ4v) is 3.52. The summed E-state index contributed by atoms with van der Waals surface area (Å²) in [5, 5.41) is 13.1. The minimum absolute atomic E-state index is 0.0600. The SMILES string of the molecule is O=C(CCCN1CCCCC1=O)N[C@@H]1c2ccccc2C[C@@H]1O. The zero-order valence-electron chi connectivity index (χ0n) is 13.3. The van der Waals surface area contributed by atoms with E-state index >= 15 is 0 Å². The molecule has 2 N–H and O–H groups in total. The van der Waals surface area contributed by atoms with Crippen LogP contribution in [0.25, 0.3) is 0 Å². The van der Waals surface area contributed by atoms with Crippen molar-refractivity contribution in [3.8, 4) is 0 Å². The van der Waals surface area contributed by atoms with Gasteiger partial charge in [0.25, 0.3) is 0 Å². The molecule has 2 aliphatic rings. The second kappa shape index (κ2) is 7.13. The lowest BCUT2D eigenvalue weighted by atomic mass is 10.1. The van der Waals surface area contributed by atoms with Gasteiger partial charge in [-0.05, 0) is 30.4 Å². The van der Waals surface area contributed by atoms with Crippen molar-refractivity contribution in [2.75, 3.05) is 13.1 Å². The van der Waals surface area contributed by atoms with Gasteiger partial charge in [-0.3, -0.25) is 9.59 Å². The molecule has 1 aromatic carbocycles. The van der Waals surface area contributed by atoms with Crippen LogP contribution in [0.15, 0.2) is 24.3 Å². The fourth-order valence-electron chi connectivity index (χ4n) is 3.52. The topological polar surface area (TPSA) is 69.6 Å². The Labute approximate surface area is 136 Å². The molecule has 1 aromatic rings. The fraction of sp³-hybridized carbons (Fsp3) is 0.556. The molecule has 2 amide bonds. The van der Waals surface area contributed by atoms with Crippen molar-refractivity contribution in [3.63, 3.8) is 0 Å². The molecule has 0 unspecified atom stereocenters. The van der Waals surface area contributed by atoms with Gasteiger partial charge in [-0.1, -0.05) is 24.3 Å². The molecule has 1 fully saturated rings. The first kappa shape index (κ1) is 16.0. The highest BCUT2D eigenvalue weighted by Crippen LogP contribution is 2.31. The number of aliphatic hydroxyl groups excluding tert-OH is 1. The third kappa shape index (κ3) is 3.72. The molecule has 0 bridgehead atoms. The Bertz CT molecular complexity index is 587. The quantitative estimate of drug-likeness (QED) is 0.866. The van der Waals surface area contributed by atoms with Crippen molar-refractivity contribution in [2.24, 2.45) is 0 Å². The zero-order chi connectivity index (χ0) is 16.2. The molecule has 1 aliphatic carbocycles. The number of rotatable bonds is 5. The van der Waals surface area contributed by atoms with Gasteiger partial charge in [-0.25, -0.2) is 0 Å². The number of benzene rings is 1. The number of amides is 2. The van der Waals surface area contributed by atoms with Crippen molar-refractivity contribution in [2.45, 2.75) is 50.7 Å². The molecule has 5 heteroatoms. The summed E-state index contributed by atoms with van der Waals surface area (Å²) < 4.78 is 0. The summed E-state index contributed by atoms with van der Waals surface area (Å²) in [5.74, 6) is 0.145. The maximum absolute atomic E-state index is 12.2. The average Bonchev–Trinajstić information content (AvgIpc) is 2.85. The van der Waals surface area contributed by atoms with Crippen LogP contribution < -0.4 is 5.32 Å². The lowest BCUT2D eigenvalue weighted by Gasteiger charge is -2.26. The molecule has 1 aliphatic heterocycles. The number of carbonyl (C=O) groups is 2. The number of piperidine rings is 1. The first-order valence-corrected chi connectivity index (χ1v) is 8.48. The van der Waals surface area contributed by atoms with E-state index in [0.29, 0.717) is 32.2 Å². The standard InChI is InChI=1S/C18H24N2O3/c21-15-12-13-6-1-2-7-14(13)18(15)19-16(22)8-5-11-20-10-4-3-9-17(20)23/h1-2,6-7,15,18,21H,3-5,8-12H2,(H,19,22)/t15-,18+/m0/s1. The lowest BCUT2D eigenvalue weighted by Crippen LogP contribution is -2.37. The van der Waals surface area contributed by atoms with E-state index in [1.54, 1.807) is 0 Å². The minimum atomic E-state index is -0.556. The first-order valence-electron chi connectivity index (χ1n) is 8.48. The third-order valence-corrected chi connectivity index (χ3v) is 4.77. The van der Waals surface area contributed by atoms with Crippen LogP contribution in [0.5, 0.6) is 0 Å². The highest BCUT2D eigenvalue weighted by atomic mass is 16.3. The second-order valence-electron chi connectivity index (χ2n) is 6.46. The van der Waals surface area contributed by atoms with Gasteiger partial charge < -0.3 is 15.3 Å². The molecular weight excluding hydrogens is 292 g/mol. The highest BCUT2D eigenvalue weighted by Gasteiger charge is 2.31. The summed E-state index contributed by atoms with van der Waals surface area (Å²) in [4.78, 5) is 25.7. The number of likely N-dealkylation sites (tertiary alicyclic amines) is 1. The molecule has 0 spiro atoms. The number of nitrogens with one attached hydrogen (secondary N) is 1. The Kier molecular flexibility index (Phi) is 4.96. The average molecular weight is 316 g/mol. The summed E-state index contributed by atoms with van der Waals surface area (Å²) in [6.45, 7) is 1.46. The smallest absolute Gasteiger partial charge is 0.222 e. The molecular formula is C18H24N2O3. The van der Waals surface area contributed by atoms with Crippen LogP contribution in [0.1, 0.15) is 49.3 Å². The summed E-state index contributed by atoms with van der Waals surface area (Å²) in [6, 6.07) is 7.52. The van der Waals surface area contributed by atoms with Gasteiger partial charge in [0.2, 0.25) is 11.8 Å². The van der Waals surface area contributed by atoms with Crippen LogP contribution in [0.3, 0.4) is 0 Å². The Balaban J connectivity index is 1.47. The molecule has 1 heterocycles. The Morgan fingerprint density at radius 1 is 1.30 bits per heavy atom. The predicted molar refractivity (Wildman–Crippen MR) is 86.7 cm³/mol. The van der Waals surface area contributed by atoms with E-state index < -0.39 is 6.10 Å². The summed E-state index contributed by atoms with van der Waals surface area (Å²) >= 11 is 0. The van der Waals surface area contributed by atoms with Crippen molar-refractivity contribution in [1.29, 1.82) is 0 Å². The van der Waals surface area contributed by atoms with Gasteiger partial charge in [0, 0.05) is 32.4 Å². The van der Waals surface area contributed by atoms with Crippen molar-refractivity contribution < 1.29 is 14.7 Å². The van der Waals surface area contributed by atoms with E-state index in [1.807, 2.05) is 29.2 Å². The third-order valence-electron chi connectivity index (χ3n) is 4.77. The van der Waals surface area contributed by atoms with Crippen LogP contribution in [-0.2, 0) is 16.0 Å². The number of hydrogen-bond donors (Lipinski definition) is 2. The minimum Gasteiger partial charge on any atom is -0.390 e.